The molecule has 0 aliphatic heterocycles. The minimum atomic E-state index is -0.263. The lowest BCUT2D eigenvalue weighted by Gasteiger charge is -2.10. The van der Waals surface area contributed by atoms with Crippen LogP contribution in [0.3, 0.4) is 0 Å². The predicted octanol–water partition coefficient (Wildman–Crippen LogP) is 4.66. The van der Waals surface area contributed by atoms with Crippen molar-refractivity contribution in [2.75, 3.05) is 14.2 Å². The van der Waals surface area contributed by atoms with Crippen molar-refractivity contribution >= 4 is 39.0 Å². The summed E-state index contributed by atoms with van der Waals surface area (Å²) in [5.41, 5.74) is 5.77. The van der Waals surface area contributed by atoms with Gasteiger partial charge in [0.25, 0.3) is 5.91 Å². The molecule has 6 nitrogen and oxygen atoms in total. The summed E-state index contributed by atoms with van der Waals surface area (Å²) in [5, 5.41) is 4.94. The number of benzene rings is 2. The van der Waals surface area contributed by atoms with Crippen molar-refractivity contribution in [3.05, 3.63) is 63.8 Å². The number of fused-ring (bicyclic) bond motifs is 1. The second-order valence-corrected chi connectivity index (χ2v) is 7.68. The minimum Gasteiger partial charge on any atom is -0.493 e. The largest absolute Gasteiger partial charge is 0.493 e. The second-order valence-electron chi connectivity index (χ2n) is 6.82. The molecule has 0 spiro atoms. The first-order chi connectivity index (χ1) is 14.1. The molecule has 0 saturated heterocycles. The van der Waals surface area contributed by atoms with E-state index in [2.05, 4.69) is 26.5 Å². The fourth-order valence-electron chi connectivity index (χ4n) is 3.21. The van der Waals surface area contributed by atoms with Gasteiger partial charge in [0.1, 0.15) is 0 Å². The molecule has 1 amide bonds. The van der Waals surface area contributed by atoms with E-state index < -0.39 is 0 Å². The average molecular weight is 454 g/mol. The van der Waals surface area contributed by atoms with Crippen LogP contribution >= 0.6 is 15.9 Å². The number of nitrogens with one attached hydrogen (secondary N) is 1. The van der Waals surface area contributed by atoms with E-state index >= 15 is 0 Å². The number of carbonyl (C=O) groups is 1. The number of hydrazone groups is 1. The molecular weight excluding hydrogens is 434 g/mol. The Morgan fingerprint density at radius 2 is 2.00 bits per heavy atom. The number of aromatic nitrogens is 1. The Morgan fingerprint density at radius 3 is 2.72 bits per heavy atom. The molecule has 1 aliphatic carbocycles. The lowest BCUT2D eigenvalue weighted by Crippen LogP contribution is -2.18. The molecule has 4 rings (SSSR count). The van der Waals surface area contributed by atoms with Crippen molar-refractivity contribution in [2.45, 2.75) is 18.8 Å². The van der Waals surface area contributed by atoms with Crippen molar-refractivity contribution in [3.8, 4) is 11.5 Å². The molecule has 1 saturated carbocycles. The highest BCUT2D eigenvalue weighted by Gasteiger charge is 2.26. The predicted molar refractivity (Wildman–Crippen MR) is 116 cm³/mol. The number of rotatable bonds is 6. The first-order valence-corrected chi connectivity index (χ1v) is 10.0. The Balaban J connectivity index is 1.58. The number of para-hydroxylation sites is 1. The quantitative estimate of drug-likeness (QED) is 0.435. The number of halogens is 1. The van der Waals surface area contributed by atoms with E-state index in [1.54, 1.807) is 26.5 Å². The molecule has 1 aromatic heterocycles. The maximum Gasteiger partial charge on any atom is 0.272 e. The van der Waals surface area contributed by atoms with Gasteiger partial charge in [-0.15, -0.1) is 0 Å². The monoisotopic (exact) mass is 453 g/mol. The highest BCUT2D eigenvalue weighted by Crippen LogP contribution is 2.40. The van der Waals surface area contributed by atoms with Crippen molar-refractivity contribution in [1.29, 1.82) is 0 Å². The van der Waals surface area contributed by atoms with Crippen LogP contribution in [0, 0.1) is 0 Å². The summed E-state index contributed by atoms with van der Waals surface area (Å²) in [4.78, 5) is 17.5. The van der Waals surface area contributed by atoms with Gasteiger partial charge in [-0.05, 0) is 58.6 Å². The van der Waals surface area contributed by atoms with Crippen molar-refractivity contribution < 1.29 is 14.3 Å². The van der Waals surface area contributed by atoms with Crippen LogP contribution in [-0.2, 0) is 0 Å². The Kier molecular flexibility index (Phi) is 5.49. The Hall–Kier alpha value is -2.93. The lowest BCUT2D eigenvalue weighted by molar-refractivity contribution is 0.0956. The van der Waals surface area contributed by atoms with Gasteiger partial charge >= 0.3 is 0 Å². The summed E-state index contributed by atoms with van der Waals surface area (Å²) in [6.07, 6.45) is 3.81. The number of hydrogen-bond acceptors (Lipinski definition) is 5. The smallest absolute Gasteiger partial charge is 0.272 e. The van der Waals surface area contributed by atoms with Crippen molar-refractivity contribution in [1.82, 2.24) is 10.4 Å². The summed E-state index contributed by atoms with van der Waals surface area (Å²) in [5.74, 6) is 1.37. The van der Waals surface area contributed by atoms with Gasteiger partial charge < -0.3 is 9.47 Å². The van der Waals surface area contributed by atoms with Crippen LogP contribution in [0.15, 0.2) is 52.0 Å². The van der Waals surface area contributed by atoms with E-state index in [-0.39, 0.29) is 5.91 Å². The summed E-state index contributed by atoms with van der Waals surface area (Å²) >= 11 is 3.45. The van der Waals surface area contributed by atoms with Gasteiger partial charge in [0.15, 0.2) is 11.5 Å². The number of pyridine rings is 1. The van der Waals surface area contributed by atoms with Crippen molar-refractivity contribution in [3.63, 3.8) is 0 Å². The number of hydrogen-bond donors (Lipinski definition) is 1. The maximum absolute atomic E-state index is 12.8. The molecule has 0 bridgehead atoms. The van der Waals surface area contributed by atoms with Crippen LogP contribution in [-0.4, -0.2) is 31.3 Å². The molecule has 148 valence electrons. The Labute approximate surface area is 177 Å². The van der Waals surface area contributed by atoms with E-state index in [0.29, 0.717) is 23.0 Å². The highest BCUT2D eigenvalue weighted by atomic mass is 79.9. The third kappa shape index (κ3) is 4.10. The number of methoxy groups -OCH3 is 2. The fraction of sp³-hybridized carbons (Fsp3) is 0.227. The molecule has 29 heavy (non-hydrogen) atoms. The standard InChI is InChI=1S/C22H20BrN3O3/c1-28-20-10-13(9-17(23)21(20)29-2)12-24-26-22(27)16-11-19(14-7-8-14)25-18-6-4-3-5-15(16)18/h3-6,9-12,14H,7-8H2,1-2H3,(H,26,27)/b24-12+. The molecule has 1 N–H and O–H groups in total. The van der Waals surface area contributed by atoms with Crippen LogP contribution in [0.1, 0.15) is 40.4 Å². The zero-order valence-corrected chi connectivity index (χ0v) is 17.7. The normalized spacial score (nSPS) is 13.6. The maximum atomic E-state index is 12.8. The first kappa shape index (κ1) is 19.4. The molecule has 2 aromatic carbocycles. The van der Waals surface area contributed by atoms with E-state index in [9.17, 15) is 4.79 Å². The van der Waals surface area contributed by atoms with Gasteiger partial charge in [0, 0.05) is 17.0 Å². The van der Waals surface area contributed by atoms with E-state index in [1.165, 1.54) is 0 Å². The van der Waals surface area contributed by atoms with Gasteiger partial charge in [0.2, 0.25) is 0 Å². The van der Waals surface area contributed by atoms with Gasteiger partial charge in [-0.3, -0.25) is 9.78 Å². The summed E-state index contributed by atoms with van der Waals surface area (Å²) < 4.78 is 11.4. The molecule has 1 heterocycles. The van der Waals surface area contributed by atoms with Crippen LogP contribution in [0.25, 0.3) is 10.9 Å². The lowest BCUT2D eigenvalue weighted by atomic mass is 10.1. The van der Waals surface area contributed by atoms with Gasteiger partial charge in [0.05, 0.1) is 36.0 Å². The van der Waals surface area contributed by atoms with Gasteiger partial charge in [-0.25, -0.2) is 5.43 Å². The SMILES string of the molecule is COc1cc(/C=N/NC(=O)c2cc(C3CC3)nc3ccccc23)cc(Br)c1OC. The third-order valence-corrected chi connectivity index (χ3v) is 5.40. The van der Waals surface area contributed by atoms with E-state index in [4.69, 9.17) is 14.5 Å². The first-order valence-electron chi connectivity index (χ1n) is 9.25. The van der Waals surface area contributed by atoms with Gasteiger partial charge in [-0.2, -0.15) is 5.10 Å². The van der Waals surface area contributed by atoms with Crippen LogP contribution < -0.4 is 14.9 Å². The zero-order valence-electron chi connectivity index (χ0n) is 16.1. The average Bonchev–Trinajstić information content (AvgIpc) is 3.57. The summed E-state index contributed by atoms with van der Waals surface area (Å²) in [6, 6.07) is 13.2. The number of amides is 1. The topological polar surface area (TPSA) is 72.8 Å². The molecule has 0 radical (unpaired) electrons. The molecule has 1 aliphatic rings. The molecule has 0 atom stereocenters. The Bertz CT molecular complexity index is 1110. The second kappa shape index (κ2) is 8.21. The number of ether oxygens (including phenoxy) is 2. The van der Waals surface area contributed by atoms with E-state index in [0.717, 1.165) is 39.5 Å². The van der Waals surface area contributed by atoms with Crippen LogP contribution in [0.5, 0.6) is 11.5 Å². The molecule has 3 aromatic rings. The third-order valence-electron chi connectivity index (χ3n) is 4.81. The molecule has 7 heteroatoms. The van der Waals surface area contributed by atoms with Crippen molar-refractivity contribution in [2.24, 2.45) is 5.10 Å². The molecule has 1 fully saturated rings. The number of nitrogens with zero attached hydrogens (tertiary/aromatic N) is 2. The molecule has 0 unspecified atom stereocenters. The van der Waals surface area contributed by atoms with E-state index in [1.807, 2.05) is 36.4 Å². The zero-order chi connectivity index (χ0) is 20.4. The van der Waals surface area contributed by atoms with Crippen LogP contribution in [0.2, 0.25) is 0 Å². The van der Waals surface area contributed by atoms with Gasteiger partial charge in [-0.1, -0.05) is 18.2 Å². The minimum absolute atomic E-state index is 0.263. The summed E-state index contributed by atoms with van der Waals surface area (Å²) in [7, 11) is 3.14. The number of carbonyl (C=O) groups excluding carboxylic acids is 1. The van der Waals surface area contributed by atoms with Crippen LogP contribution in [0.4, 0.5) is 0 Å². The molecular formula is C22H20BrN3O3. The summed E-state index contributed by atoms with van der Waals surface area (Å²) in [6.45, 7) is 0. The highest BCUT2D eigenvalue weighted by molar-refractivity contribution is 9.10. The fourth-order valence-corrected chi connectivity index (χ4v) is 3.83. The Morgan fingerprint density at radius 1 is 1.21 bits per heavy atom.